The van der Waals surface area contributed by atoms with Crippen LogP contribution in [0.1, 0.15) is 16.8 Å². The molecule has 0 aromatic carbocycles. The Balaban J connectivity index is 3.20. The van der Waals surface area contributed by atoms with Crippen molar-refractivity contribution in [3.8, 4) is 0 Å². The van der Waals surface area contributed by atoms with E-state index in [0.717, 1.165) is 0 Å². The molecule has 0 spiro atoms. The molecule has 0 fully saturated rings. The summed E-state index contributed by atoms with van der Waals surface area (Å²) in [6, 6.07) is 1.37. The van der Waals surface area contributed by atoms with Crippen LogP contribution in [0, 0.1) is 24.0 Å². The Labute approximate surface area is 74.6 Å². The van der Waals surface area contributed by atoms with Crippen LogP contribution >= 0.6 is 0 Å². The van der Waals surface area contributed by atoms with Crippen LogP contribution in [-0.2, 0) is 6.54 Å². The topological polar surface area (TPSA) is 76.0 Å². The first kappa shape index (κ1) is 9.44. The van der Waals surface area contributed by atoms with Crippen molar-refractivity contribution in [3.05, 3.63) is 43.4 Å². The third kappa shape index (κ3) is 2.14. The fourth-order valence-electron chi connectivity index (χ4n) is 1.25. The number of H-pyrrole nitrogens is 1. The molecule has 5 heteroatoms. The number of aryl methyl sites for hydroxylation is 2. The molecular weight excluding hydrogens is 172 g/mol. The number of pyridine rings is 1. The highest BCUT2D eigenvalue weighted by Gasteiger charge is 2.09. The Morgan fingerprint density at radius 1 is 1.54 bits per heavy atom. The summed E-state index contributed by atoms with van der Waals surface area (Å²) in [7, 11) is 0. The number of aromatic amines is 1. The smallest absolute Gasteiger partial charge is 0.248 e. The molecule has 0 bridgehead atoms. The number of nitrogens with zero attached hydrogens (tertiary/aromatic N) is 1. The van der Waals surface area contributed by atoms with Crippen molar-refractivity contribution >= 4 is 0 Å². The first-order chi connectivity index (χ1) is 6.00. The third-order valence-electron chi connectivity index (χ3n) is 1.87. The Hall–Kier alpha value is -1.65. The van der Waals surface area contributed by atoms with Gasteiger partial charge >= 0.3 is 0 Å². The Bertz CT molecular complexity index is 369. The predicted octanol–water partition coefficient (Wildman–Crippen LogP) is 0.768. The molecule has 1 N–H and O–H groups in total. The Kier molecular flexibility index (Phi) is 2.46. The summed E-state index contributed by atoms with van der Waals surface area (Å²) in [6.45, 7) is 3.11. The van der Waals surface area contributed by atoms with E-state index in [9.17, 15) is 14.9 Å². The lowest BCUT2D eigenvalue weighted by Crippen LogP contribution is -2.12. The summed E-state index contributed by atoms with van der Waals surface area (Å²) >= 11 is 0. The number of aromatic nitrogens is 1. The molecule has 70 valence electrons. The SMILES string of the molecule is Cc1cc(=O)[nH]c(C)c1C[N+](=O)[O-]. The lowest BCUT2D eigenvalue weighted by molar-refractivity contribution is -0.497. The van der Waals surface area contributed by atoms with E-state index in [1.165, 1.54) is 6.07 Å². The van der Waals surface area contributed by atoms with E-state index < -0.39 is 4.92 Å². The van der Waals surface area contributed by atoms with Gasteiger partial charge < -0.3 is 4.98 Å². The fourth-order valence-corrected chi connectivity index (χ4v) is 1.25. The van der Waals surface area contributed by atoms with E-state index in [1.807, 2.05) is 0 Å². The average Bonchev–Trinajstić information content (AvgIpc) is 1.96. The van der Waals surface area contributed by atoms with Gasteiger partial charge in [-0.1, -0.05) is 0 Å². The monoisotopic (exact) mass is 182 g/mol. The second-order valence-electron chi connectivity index (χ2n) is 2.91. The van der Waals surface area contributed by atoms with E-state index in [2.05, 4.69) is 4.98 Å². The van der Waals surface area contributed by atoms with Crippen LogP contribution in [0.3, 0.4) is 0 Å². The van der Waals surface area contributed by atoms with Gasteiger partial charge in [-0.25, -0.2) is 0 Å². The molecule has 1 heterocycles. The van der Waals surface area contributed by atoms with Gasteiger partial charge in [-0.15, -0.1) is 0 Å². The van der Waals surface area contributed by atoms with Crippen molar-refractivity contribution in [2.24, 2.45) is 0 Å². The van der Waals surface area contributed by atoms with Crippen molar-refractivity contribution in [1.29, 1.82) is 0 Å². The molecule has 1 aromatic heterocycles. The zero-order valence-electron chi connectivity index (χ0n) is 7.46. The van der Waals surface area contributed by atoms with Crippen LogP contribution in [0.25, 0.3) is 0 Å². The minimum Gasteiger partial charge on any atom is -0.326 e. The molecule has 0 unspecified atom stereocenters. The number of rotatable bonds is 2. The molecular formula is C8H10N2O3. The highest BCUT2D eigenvalue weighted by Crippen LogP contribution is 2.09. The molecule has 0 amide bonds. The first-order valence-corrected chi connectivity index (χ1v) is 3.82. The number of hydrogen-bond donors (Lipinski definition) is 1. The van der Waals surface area contributed by atoms with Gasteiger partial charge in [0.25, 0.3) is 0 Å². The predicted molar refractivity (Wildman–Crippen MR) is 47.2 cm³/mol. The van der Waals surface area contributed by atoms with Crippen LogP contribution in [0.2, 0.25) is 0 Å². The van der Waals surface area contributed by atoms with E-state index in [0.29, 0.717) is 16.8 Å². The highest BCUT2D eigenvalue weighted by atomic mass is 16.6. The third-order valence-corrected chi connectivity index (χ3v) is 1.87. The molecule has 0 aliphatic heterocycles. The van der Waals surface area contributed by atoms with Gasteiger partial charge in [-0.05, 0) is 19.4 Å². The lowest BCUT2D eigenvalue weighted by Gasteiger charge is -2.03. The van der Waals surface area contributed by atoms with Gasteiger partial charge in [0.15, 0.2) is 0 Å². The van der Waals surface area contributed by atoms with E-state index in [4.69, 9.17) is 0 Å². The van der Waals surface area contributed by atoms with Crippen LogP contribution in [0.15, 0.2) is 10.9 Å². The lowest BCUT2D eigenvalue weighted by atomic mass is 10.1. The zero-order chi connectivity index (χ0) is 10.0. The van der Waals surface area contributed by atoms with Crippen molar-refractivity contribution in [2.75, 3.05) is 0 Å². The molecule has 0 saturated heterocycles. The molecule has 0 atom stereocenters. The van der Waals surface area contributed by atoms with Gasteiger partial charge in [-0.2, -0.15) is 0 Å². The molecule has 0 aliphatic carbocycles. The summed E-state index contributed by atoms with van der Waals surface area (Å²) in [5.74, 6) is 0. The summed E-state index contributed by atoms with van der Waals surface area (Å²) in [4.78, 5) is 23.3. The summed E-state index contributed by atoms with van der Waals surface area (Å²) in [5, 5.41) is 10.3. The zero-order valence-corrected chi connectivity index (χ0v) is 7.46. The fraction of sp³-hybridized carbons (Fsp3) is 0.375. The van der Waals surface area contributed by atoms with Crippen molar-refractivity contribution in [2.45, 2.75) is 20.4 Å². The first-order valence-electron chi connectivity index (χ1n) is 3.82. The molecule has 0 aliphatic rings. The van der Waals surface area contributed by atoms with E-state index in [-0.39, 0.29) is 12.1 Å². The maximum Gasteiger partial charge on any atom is 0.248 e. The normalized spacial score (nSPS) is 10.0. The van der Waals surface area contributed by atoms with Crippen molar-refractivity contribution in [1.82, 2.24) is 4.98 Å². The Morgan fingerprint density at radius 2 is 2.15 bits per heavy atom. The minimum atomic E-state index is -0.409. The number of nitrogens with one attached hydrogen (secondary N) is 1. The van der Waals surface area contributed by atoms with Crippen LogP contribution in [-0.4, -0.2) is 9.91 Å². The maximum absolute atomic E-state index is 10.9. The molecule has 5 nitrogen and oxygen atoms in total. The van der Waals surface area contributed by atoms with Gasteiger partial charge in [-0.3, -0.25) is 14.9 Å². The quantitative estimate of drug-likeness (QED) is 0.542. The second kappa shape index (κ2) is 3.38. The standard InChI is InChI=1S/C8H10N2O3/c1-5-3-8(11)9-6(2)7(5)4-10(12)13/h3H,4H2,1-2H3,(H,9,11). The van der Waals surface area contributed by atoms with Crippen molar-refractivity contribution in [3.63, 3.8) is 0 Å². The summed E-state index contributed by atoms with van der Waals surface area (Å²) in [5.41, 5.74) is 1.60. The maximum atomic E-state index is 10.9. The van der Waals surface area contributed by atoms with E-state index in [1.54, 1.807) is 13.8 Å². The summed E-state index contributed by atoms with van der Waals surface area (Å²) in [6.07, 6.45) is 0. The van der Waals surface area contributed by atoms with Gasteiger partial charge in [0.1, 0.15) is 0 Å². The summed E-state index contributed by atoms with van der Waals surface area (Å²) < 4.78 is 0. The largest absolute Gasteiger partial charge is 0.326 e. The highest BCUT2D eigenvalue weighted by molar-refractivity contribution is 5.27. The minimum absolute atomic E-state index is 0.220. The molecule has 0 radical (unpaired) electrons. The van der Waals surface area contributed by atoms with Crippen LogP contribution < -0.4 is 5.56 Å². The van der Waals surface area contributed by atoms with Crippen LogP contribution in [0.5, 0.6) is 0 Å². The van der Waals surface area contributed by atoms with Crippen molar-refractivity contribution < 1.29 is 4.92 Å². The second-order valence-corrected chi connectivity index (χ2v) is 2.91. The molecule has 1 rings (SSSR count). The number of nitro groups is 1. The molecule has 13 heavy (non-hydrogen) atoms. The Morgan fingerprint density at radius 3 is 2.62 bits per heavy atom. The molecule has 1 aromatic rings. The van der Waals surface area contributed by atoms with Gasteiger partial charge in [0.05, 0.1) is 0 Å². The average molecular weight is 182 g/mol. The number of hydrogen-bond acceptors (Lipinski definition) is 3. The van der Waals surface area contributed by atoms with E-state index >= 15 is 0 Å². The van der Waals surface area contributed by atoms with Gasteiger partial charge in [0, 0.05) is 22.2 Å². The van der Waals surface area contributed by atoms with Crippen LogP contribution in [0.4, 0.5) is 0 Å². The molecule has 0 saturated carbocycles. The van der Waals surface area contributed by atoms with Gasteiger partial charge in [0.2, 0.25) is 12.1 Å².